The molecule has 0 spiro atoms. The summed E-state index contributed by atoms with van der Waals surface area (Å²) in [5, 5.41) is 7.44. The molecule has 0 bridgehead atoms. The van der Waals surface area contributed by atoms with Crippen LogP contribution in [-0.2, 0) is 6.42 Å². The van der Waals surface area contributed by atoms with Crippen molar-refractivity contribution in [3.63, 3.8) is 0 Å². The average Bonchev–Trinajstić information content (AvgIpc) is 2.03. The molecule has 0 amide bonds. The maximum Gasteiger partial charge on any atom is 0.149 e. The highest BCUT2D eigenvalue weighted by Crippen LogP contribution is 2.08. The van der Waals surface area contributed by atoms with Gasteiger partial charge in [0.1, 0.15) is 5.82 Å². The van der Waals surface area contributed by atoms with Crippen molar-refractivity contribution in [2.75, 3.05) is 5.73 Å². The number of hydrogen-bond donors (Lipinski definition) is 1. The summed E-state index contributed by atoms with van der Waals surface area (Å²) in [7, 11) is 0. The van der Waals surface area contributed by atoms with Gasteiger partial charge in [-0.15, -0.1) is 5.10 Å². The van der Waals surface area contributed by atoms with Crippen molar-refractivity contribution in [1.82, 2.24) is 10.2 Å². The van der Waals surface area contributed by atoms with E-state index < -0.39 is 0 Å². The number of nitrogens with zero attached hydrogens (tertiary/aromatic N) is 2. The van der Waals surface area contributed by atoms with E-state index in [0.29, 0.717) is 5.82 Å². The molecule has 0 aliphatic heterocycles. The van der Waals surface area contributed by atoms with Crippen LogP contribution in [0.4, 0.5) is 5.82 Å². The van der Waals surface area contributed by atoms with Crippen LogP contribution in [0.25, 0.3) is 0 Å². The molecule has 0 aromatic carbocycles. The summed E-state index contributed by atoms with van der Waals surface area (Å²) in [6, 6.07) is 1.93. The number of nitrogen functional groups attached to an aromatic ring is 1. The number of aryl methyl sites for hydroxylation is 1. The molecule has 3 heteroatoms. The van der Waals surface area contributed by atoms with Crippen LogP contribution in [0.1, 0.15) is 25.3 Å². The minimum absolute atomic E-state index is 0.570. The maximum absolute atomic E-state index is 5.59. The van der Waals surface area contributed by atoms with Gasteiger partial charge in [0, 0.05) is 0 Å². The molecule has 1 heterocycles. The zero-order chi connectivity index (χ0) is 8.10. The predicted molar refractivity (Wildman–Crippen MR) is 45.1 cm³/mol. The van der Waals surface area contributed by atoms with Crippen LogP contribution in [-0.4, -0.2) is 10.2 Å². The molecular weight excluding hydrogens is 138 g/mol. The van der Waals surface area contributed by atoms with E-state index in [1.54, 1.807) is 6.20 Å². The van der Waals surface area contributed by atoms with E-state index in [1.807, 2.05) is 6.07 Å². The Balaban J connectivity index is 2.62. The zero-order valence-corrected chi connectivity index (χ0v) is 6.75. The monoisotopic (exact) mass is 151 g/mol. The third kappa shape index (κ3) is 2.18. The Morgan fingerprint density at radius 2 is 2.36 bits per heavy atom. The minimum atomic E-state index is 0.570. The summed E-state index contributed by atoms with van der Waals surface area (Å²) >= 11 is 0. The Morgan fingerprint density at radius 3 is 3.00 bits per heavy atom. The van der Waals surface area contributed by atoms with Crippen LogP contribution >= 0.6 is 0 Å². The quantitative estimate of drug-likeness (QED) is 0.710. The van der Waals surface area contributed by atoms with Crippen LogP contribution in [0, 0.1) is 0 Å². The highest BCUT2D eigenvalue weighted by Gasteiger charge is 1.97. The fourth-order valence-electron chi connectivity index (χ4n) is 0.947. The van der Waals surface area contributed by atoms with Gasteiger partial charge >= 0.3 is 0 Å². The smallest absolute Gasteiger partial charge is 0.149 e. The summed E-state index contributed by atoms with van der Waals surface area (Å²) in [5.74, 6) is 0.570. The first kappa shape index (κ1) is 7.98. The van der Waals surface area contributed by atoms with Crippen molar-refractivity contribution >= 4 is 5.82 Å². The first-order chi connectivity index (χ1) is 5.34. The standard InChI is InChI=1S/C8H13N3/c1-2-3-4-7-5-6-10-11-8(7)9/h5-6H,2-4H2,1H3,(H2,9,11). The van der Waals surface area contributed by atoms with E-state index in [0.717, 1.165) is 18.4 Å². The van der Waals surface area contributed by atoms with Crippen LogP contribution < -0.4 is 5.73 Å². The van der Waals surface area contributed by atoms with E-state index in [9.17, 15) is 0 Å². The van der Waals surface area contributed by atoms with Gasteiger partial charge in [-0.1, -0.05) is 13.3 Å². The van der Waals surface area contributed by atoms with E-state index in [-0.39, 0.29) is 0 Å². The average molecular weight is 151 g/mol. The van der Waals surface area contributed by atoms with Crippen LogP contribution in [0.3, 0.4) is 0 Å². The van der Waals surface area contributed by atoms with Crippen molar-refractivity contribution in [2.45, 2.75) is 26.2 Å². The lowest BCUT2D eigenvalue weighted by atomic mass is 10.1. The van der Waals surface area contributed by atoms with Gasteiger partial charge in [-0.2, -0.15) is 5.10 Å². The van der Waals surface area contributed by atoms with Gasteiger partial charge in [-0.25, -0.2) is 0 Å². The summed E-state index contributed by atoms with van der Waals surface area (Å²) in [5.41, 5.74) is 6.70. The number of nitrogens with two attached hydrogens (primary N) is 1. The van der Waals surface area contributed by atoms with Crippen molar-refractivity contribution < 1.29 is 0 Å². The highest BCUT2D eigenvalue weighted by molar-refractivity contribution is 5.36. The highest BCUT2D eigenvalue weighted by atomic mass is 15.1. The van der Waals surface area contributed by atoms with Crippen LogP contribution in [0.5, 0.6) is 0 Å². The molecule has 1 rings (SSSR count). The predicted octanol–water partition coefficient (Wildman–Crippen LogP) is 1.40. The van der Waals surface area contributed by atoms with Gasteiger partial charge < -0.3 is 5.73 Å². The zero-order valence-electron chi connectivity index (χ0n) is 6.75. The SMILES string of the molecule is CCCCc1ccnnc1N. The lowest BCUT2D eigenvalue weighted by Crippen LogP contribution is -1.98. The first-order valence-electron chi connectivity index (χ1n) is 3.90. The Kier molecular flexibility index (Phi) is 2.83. The molecule has 0 saturated heterocycles. The summed E-state index contributed by atoms with van der Waals surface area (Å²) < 4.78 is 0. The Bertz CT molecular complexity index is 222. The first-order valence-corrected chi connectivity index (χ1v) is 3.90. The molecule has 0 unspecified atom stereocenters. The van der Waals surface area contributed by atoms with E-state index in [4.69, 9.17) is 5.73 Å². The number of unbranched alkanes of at least 4 members (excludes halogenated alkanes) is 1. The number of anilines is 1. The second-order valence-corrected chi connectivity index (χ2v) is 2.55. The fraction of sp³-hybridized carbons (Fsp3) is 0.500. The van der Waals surface area contributed by atoms with Gasteiger partial charge in [0.25, 0.3) is 0 Å². The minimum Gasteiger partial charge on any atom is -0.382 e. The second-order valence-electron chi connectivity index (χ2n) is 2.55. The molecule has 3 nitrogen and oxygen atoms in total. The van der Waals surface area contributed by atoms with Crippen LogP contribution in [0.15, 0.2) is 12.3 Å². The number of hydrogen-bond acceptors (Lipinski definition) is 3. The lowest BCUT2D eigenvalue weighted by Gasteiger charge is -2.00. The van der Waals surface area contributed by atoms with E-state index in [2.05, 4.69) is 17.1 Å². The Labute approximate surface area is 66.6 Å². The van der Waals surface area contributed by atoms with Gasteiger partial charge in [-0.05, 0) is 24.5 Å². The summed E-state index contributed by atoms with van der Waals surface area (Å²) in [6.45, 7) is 2.16. The largest absolute Gasteiger partial charge is 0.382 e. The maximum atomic E-state index is 5.59. The molecule has 0 aliphatic rings. The molecule has 1 aromatic heterocycles. The topological polar surface area (TPSA) is 51.8 Å². The molecule has 2 N–H and O–H groups in total. The molecule has 1 aromatic rings. The van der Waals surface area contributed by atoms with E-state index >= 15 is 0 Å². The molecular formula is C8H13N3. The molecule has 0 fully saturated rings. The van der Waals surface area contributed by atoms with Gasteiger partial charge in [0.15, 0.2) is 0 Å². The molecule has 0 atom stereocenters. The molecule has 0 radical (unpaired) electrons. The summed E-state index contributed by atoms with van der Waals surface area (Å²) in [4.78, 5) is 0. The van der Waals surface area contributed by atoms with Crippen molar-refractivity contribution in [1.29, 1.82) is 0 Å². The van der Waals surface area contributed by atoms with Gasteiger partial charge in [0.2, 0.25) is 0 Å². The third-order valence-corrected chi connectivity index (χ3v) is 1.64. The van der Waals surface area contributed by atoms with Gasteiger partial charge in [-0.3, -0.25) is 0 Å². The Morgan fingerprint density at radius 1 is 1.55 bits per heavy atom. The lowest BCUT2D eigenvalue weighted by molar-refractivity contribution is 0.790. The van der Waals surface area contributed by atoms with Crippen LogP contribution in [0.2, 0.25) is 0 Å². The normalized spacial score (nSPS) is 9.91. The number of rotatable bonds is 3. The van der Waals surface area contributed by atoms with Crippen molar-refractivity contribution in [3.05, 3.63) is 17.8 Å². The molecule has 0 saturated carbocycles. The fourth-order valence-corrected chi connectivity index (χ4v) is 0.947. The second kappa shape index (κ2) is 3.91. The third-order valence-electron chi connectivity index (χ3n) is 1.64. The molecule has 11 heavy (non-hydrogen) atoms. The number of aromatic nitrogens is 2. The Hall–Kier alpha value is -1.12. The van der Waals surface area contributed by atoms with Crippen molar-refractivity contribution in [3.8, 4) is 0 Å². The molecule has 0 aliphatic carbocycles. The summed E-state index contributed by atoms with van der Waals surface area (Å²) in [6.07, 6.45) is 5.04. The van der Waals surface area contributed by atoms with Gasteiger partial charge in [0.05, 0.1) is 6.20 Å². The van der Waals surface area contributed by atoms with E-state index in [1.165, 1.54) is 6.42 Å². The van der Waals surface area contributed by atoms with Crippen molar-refractivity contribution in [2.24, 2.45) is 0 Å². The molecule has 60 valence electrons.